The number of phenols is 1. The second-order valence-corrected chi connectivity index (χ2v) is 10.7. The topological polar surface area (TPSA) is 103 Å². The summed E-state index contributed by atoms with van der Waals surface area (Å²) < 4.78 is 51.5. The van der Waals surface area contributed by atoms with Crippen LogP contribution in [0.25, 0.3) is 11.1 Å². The first-order chi connectivity index (χ1) is 19.8. The summed E-state index contributed by atoms with van der Waals surface area (Å²) in [7, 11) is 0. The fourth-order valence-corrected chi connectivity index (χ4v) is 4.56. The maximum Gasteiger partial charge on any atom is 0.408 e. The van der Waals surface area contributed by atoms with Gasteiger partial charge in [-0.05, 0) is 51.5 Å². The lowest BCUT2D eigenvalue weighted by Gasteiger charge is -2.25. The van der Waals surface area contributed by atoms with Crippen LogP contribution in [0.1, 0.15) is 43.6 Å². The summed E-state index contributed by atoms with van der Waals surface area (Å²) in [5, 5.41) is 12.7. The second-order valence-electron chi connectivity index (χ2n) is 10.7. The average Bonchev–Trinajstić information content (AvgIpc) is 2.91. The number of alkyl carbamates (subject to hydrolysis) is 1. The number of hydrogen-bond acceptors (Lipinski definition) is 5. The Hall–Kier alpha value is -4.80. The van der Waals surface area contributed by atoms with E-state index in [2.05, 4.69) is 5.32 Å². The third-order valence-electron chi connectivity index (χ3n) is 6.57. The van der Waals surface area contributed by atoms with Crippen LogP contribution < -0.4 is 16.6 Å². The maximum absolute atomic E-state index is 15.1. The molecule has 1 aromatic heterocycles. The van der Waals surface area contributed by atoms with Crippen LogP contribution in [0.3, 0.4) is 0 Å². The zero-order chi connectivity index (χ0) is 30.8. The van der Waals surface area contributed by atoms with Crippen LogP contribution in [0.15, 0.2) is 76.3 Å². The molecule has 0 saturated carbocycles. The van der Waals surface area contributed by atoms with E-state index in [0.717, 1.165) is 27.3 Å². The van der Waals surface area contributed by atoms with Crippen molar-refractivity contribution in [1.82, 2.24) is 14.5 Å². The van der Waals surface area contributed by atoms with Crippen LogP contribution >= 0.6 is 0 Å². The number of hydrogen-bond donors (Lipinski definition) is 2. The second kappa shape index (κ2) is 12.0. The van der Waals surface area contributed by atoms with Gasteiger partial charge >= 0.3 is 11.8 Å². The van der Waals surface area contributed by atoms with Gasteiger partial charge in [-0.2, -0.15) is 0 Å². The Balaban J connectivity index is 1.95. The number of phenolic OH excluding ortho intramolecular Hbond substituents is 1. The van der Waals surface area contributed by atoms with Crippen molar-refractivity contribution < 1.29 is 27.8 Å². The van der Waals surface area contributed by atoms with Crippen molar-refractivity contribution >= 4 is 6.09 Å². The predicted molar refractivity (Wildman–Crippen MR) is 151 cm³/mol. The van der Waals surface area contributed by atoms with Crippen molar-refractivity contribution in [2.24, 2.45) is 0 Å². The van der Waals surface area contributed by atoms with Gasteiger partial charge in [0.15, 0.2) is 11.6 Å². The summed E-state index contributed by atoms with van der Waals surface area (Å²) >= 11 is 0. The summed E-state index contributed by atoms with van der Waals surface area (Å²) in [4.78, 5) is 40.5. The number of nitrogens with zero attached hydrogens (tertiary/aromatic N) is 2. The Morgan fingerprint density at radius 1 is 0.929 bits per heavy atom. The van der Waals surface area contributed by atoms with E-state index >= 15 is 4.39 Å². The van der Waals surface area contributed by atoms with E-state index in [1.807, 2.05) is 0 Å². The number of benzene rings is 3. The molecule has 3 aromatic carbocycles. The number of aromatic hydroxyl groups is 1. The number of amides is 1. The number of halogens is 3. The molecule has 0 aliphatic heterocycles. The van der Waals surface area contributed by atoms with E-state index in [1.165, 1.54) is 25.1 Å². The average molecular weight is 582 g/mol. The minimum absolute atomic E-state index is 0.0789. The van der Waals surface area contributed by atoms with Crippen LogP contribution in [0.2, 0.25) is 0 Å². The molecular weight excluding hydrogens is 551 g/mol. The molecule has 1 atom stereocenters. The summed E-state index contributed by atoms with van der Waals surface area (Å²) in [5.74, 6) is -3.68. The molecule has 0 radical (unpaired) electrons. The van der Waals surface area contributed by atoms with Gasteiger partial charge in [0, 0.05) is 16.8 Å². The van der Waals surface area contributed by atoms with Gasteiger partial charge in [-0.15, -0.1) is 0 Å². The quantitative estimate of drug-likeness (QED) is 0.303. The number of nitrogens with one attached hydrogen (secondary N) is 1. The summed E-state index contributed by atoms with van der Waals surface area (Å²) in [6, 6.07) is 14.4. The highest BCUT2D eigenvalue weighted by Crippen LogP contribution is 2.28. The zero-order valence-electron chi connectivity index (χ0n) is 23.5. The van der Waals surface area contributed by atoms with Gasteiger partial charge in [0.1, 0.15) is 17.2 Å². The van der Waals surface area contributed by atoms with E-state index in [4.69, 9.17) is 4.74 Å². The molecule has 0 aliphatic rings. The number of ether oxygens (including phenoxy) is 1. The third kappa shape index (κ3) is 6.40. The Bertz CT molecular complexity index is 1720. The molecule has 220 valence electrons. The van der Waals surface area contributed by atoms with Crippen LogP contribution in [0.5, 0.6) is 5.75 Å². The Morgan fingerprint density at radius 3 is 2.17 bits per heavy atom. The SMILES string of the molecule is Cc1c(-c2cccc(O)c2F)c(=O)n(C[C@H](NC(=O)OC(C)(C)C)c2ccccc2)c(=O)n1Cc1c(F)cccc1F. The fourth-order valence-electron chi connectivity index (χ4n) is 4.56. The van der Waals surface area contributed by atoms with Crippen LogP contribution in [0.4, 0.5) is 18.0 Å². The van der Waals surface area contributed by atoms with E-state index in [9.17, 15) is 28.3 Å². The molecule has 2 N–H and O–H groups in total. The highest BCUT2D eigenvalue weighted by Gasteiger charge is 2.26. The molecule has 42 heavy (non-hydrogen) atoms. The number of rotatable bonds is 7. The van der Waals surface area contributed by atoms with E-state index < -0.39 is 70.8 Å². The summed E-state index contributed by atoms with van der Waals surface area (Å²) in [6.07, 6.45) is -0.815. The van der Waals surface area contributed by atoms with Gasteiger partial charge in [0.2, 0.25) is 0 Å². The van der Waals surface area contributed by atoms with Crippen LogP contribution in [0, 0.1) is 24.4 Å². The first kappa shape index (κ1) is 30.2. The van der Waals surface area contributed by atoms with Gasteiger partial charge < -0.3 is 15.2 Å². The molecule has 0 spiro atoms. The first-order valence-electron chi connectivity index (χ1n) is 13.1. The number of carbonyl (C=O) groups is 1. The molecule has 0 unspecified atom stereocenters. The van der Waals surface area contributed by atoms with Gasteiger partial charge in [-0.3, -0.25) is 13.9 Å². The van der Waals surface area contributed by atoms with E-state index in [1.54, 1.807) is 51.1 Å². The lowest BCUT2D eigenvalue weighted by atomic mass is 10.0. The minimum atomic E-state index is -1.11. The molecule has 4 rings (SSSR count). The predicted octanol–water partition coefficient (Wildman–Crippen LogP) is 5.42. The van der Waals surface area contributed by atoms with Crippen molar-refractivity contribution in [3.8, 4) is 16.9 Å². The van der Waals surface area contributed by atoms with Crippen molar-refractivity contribution in [2.75, 3.05) is 0 Å². The molecule has 0 bridgehead atoms. The van der Waals surface area contributed by atoms with Crippen molar-refractivity contribution in [3.63, 3.8) is 0 Å². The Morgan fingerprint density at radius 2 is 1.55 bits per heavy atom. The normalized spacial score (nSPS) is 12.2. The zero-order valence-corrected chi connectivity index (χ0v) is 23.5. The van der Waals surface area contributed by atoms with Gasteiger partial charge in [0.05, 0.1) is 24.7 Å². The standard InChI is InChI=1S/C31H30F3N3O5/c1-18-26(20-12-8-15-25(38)27(20)34)28(39)37(30(41)36(18)16-21-22(32)13-9-14-23(21)33)17-24(19-10-6-5-7-11-19)35-29(40)42-31(2,3)4/h5-15,24,38H,16-17H2,1-4H3,(H,35,40)/t24-/m0/s1. The number of aromatic nitrogens is 2. The van der Waals surface area contributed by atoms with Crippen molar-refractivity contribution in [3.05, 3.63) is 122 Å². The molecule has 0 saturated heterocycles. The maximum atomic E-state index is 15.1. The Labute approximate surface area is 239 Å². The molecule has 8 nitrogen and oxygen atoms in total. The summed E-state index contributed by atoms with van der Waals surface area (Å²) in [5.41, 5.74) is -3.34. The number of carbonyl (C=O) groups excluding carboxylic acids is 1. The van der Waals surface area contributed by atoms with Crippen molar-refractivity contribution in [2.45, 2.75) is 52.4 Å². The third-order valence-corrected chi connectivity index (χ3v) is 6.57. The largest absolute Gasteiger partial charge is 0.505 e. The monoisotopic (exact) mass is 581 g/mol. The fraction of sp³-hybridized carbons (Fsp3) is 0.258. The highest BCUT2D eigenvalue weighted by molar-refractivity contribution is 5.69. The van der Waals surface area contributed by atoms with E-state index in [-0.39, 0.29) is 16.8 Å². The molecule has 0 fully saturated rings. The molecule has 1 amide bonds. The van der Waals surface area contributed by atoms with E-state index in [0.29, 0.717) is 5.56 Å². The minimum Gasteiger partial charge on any atom is -0.505 e. The molecular formula is C31H30F3N3O5. The van der Waals surface area contributed by atoms with Gasteiger partial charge in [-0.1, -0.05) is 48.5 Å². The molecule has 4 aromatic rings. The first-order valence-corrected chi connectivity index (χ1v) is 13.1. The van der Waals surface area contributed by atoms with Crippen molar-refractivity contribution in [1.29, 1.82) is 0 Å². The summed E-state index contributed by atoms with van der Waals surface area (Å²) in [6.45, 7) is 5.31. The Kier molecular flexibility index (Phi) is 8.60. The molecule has 1 heterocycles. The lowest BCUT2D eigenvalue weighted by Crippen LogP contribution is -2.46. The lowest BCUT2D eigenvalue weighted by molar-refractivity contribution is 0.0497. The molecule has 0 aliphatic carbocycles. The molecule has 11 heteroatoms. The van der Waals surface area contributed by atoms with Crippen LogP contribution in [-0.4, -0.2) is 25.9 Å². The van der Waals surface area contributed by atoms with Crippen LogP contribution in [-0.2, 0) is 17.8 Å². The van der Waals surface area contributed by atoms with Gasteiger partial charge in [-0.25, -0.2) is 22.8 Å². The smallest absolute Gasteiger partial charge is 0.408 e. The van der Waals surface area contributed by atoms with Gasteiger partial charge in [0.25, 0.3) is 5.56 Å². The highest BCUT2D eigenvalue weighted by atomic mass is 19.1.